The van der Waals surface area contributed by atoms with Gasteiger partial charge in [-0.15, -0.1) is 0 Å². The van der Waals surface area contributed by atoms with Gasteiger partial charge in [-0.25, -0.2) is 0 Å². The second kappa shape index (κ2) is 42.1. The molecule has 0 aromatic carbocycles. The fraction of sp³-hybridized carbons (Fsp3) is 1.00. The Morgan fingerprint density at radius 3 is 1.18 bits per heavy atom. The third-order valence-corrected chi connectivity index (χ3v) is 2.54. The van der Waals surface area contributed by atoms with Crippen molar-refractivity contribution < 1.29 is 42.4 Å². The Morgan fingerprint density at radius 1 is 0.909 bits per heavy atom. The summed E-state index contributed by atoms with van der Waals surface area (Å²) in [7, 11) is 0. The normalized spacial score (nSPS) is 5.45. The summed E-state index contributed by atoms with van der Waals surface area (Å²) in [5, 5.41) is 0. The lowest BCUT2D eigenvalue weighted by atomic mass is 10.6. The molecule has 0 N–H and O–H groups in total. The predicted molar refractivity (Wildman–Crippen MR) is 53.1 cm³/mol. The van der Waals surface area contributed by atoms with E-state index in [4.69, 9.17) is 0 Å². The molecular weight excluding hydrogens is 362 g/mol. The van der Waals surface area contributed by atoms with E-state index >= 15 is 0 Å². The maximum Gasteiger partial charge on any atom is 0.265 e. The molecule has 0 fully saturated rings. The first-order valence-electron chi connectivity index (χ1n) is 2.61. The highest BCUT2D eigenvalue weighted by atomic mass is 127. The Balaban J connectivity index is -0.0000000183. The predicted octanol–water partition coefficient (Wildman–Crippen LogP) is -2.64. The van der Waals surface area contributed by atoms with Crippen molar-refractivity contribution >= 4 is 0 Å². The quantitative estimate of drug-likeness (QED) is 0.358. The largest absolute Gasteiger partial charge is 0.265 e. The van der Waals surface area contributed by atoms with Crippen molar-refractivity contribution in [1.82, 2.24) is 0 Å². The molecule has 0 amide bonds. The lowest BCUT2D eigenvalue weighted by Gasteiger charge is -1.63. The highest BCUT2D eigenvalue weighted by Gasteiger charge is 1.86. The van der Waals surface area contributed by atoms with Crippen LogP contribution in [-0.2, 0) is 0 Å². The van der Waals surface area contributed by atoms with Gasteiger partial charge in [0.2, 0.25) is 0 Å². The molecule has 0 aliphatic carbocycles. The Hall–Kier alpha value is 1.46. The Bertz CT molecular complexity index is 21.5. The lowest BCUT2D eigenvalue weighted by Crippen LogP contribution is -3.61. The second-order valence-corrected chi connectivity index (χ2v) is 6.10. The van der Waals surface area contributed by atoms with Crippen LogP contribution >= 0.6 is 0 Å². The maximum absolute atomic E-state index is 2.32. The third kappa shape index (κ3) is 85.7. The standard InChI is InChI=1S/C4H10I.C2H6I.3CH4/c1-3-4-5-2;1-3-2;;;/h3-4H2,1-2H3;1-2H3;3*1H4/q2*+1;;;. The third-order valence-electron chi connectivity index (χ3n) is 0.378. The van der Waals surface area contributed by atoms with E-state index in [2.05, 4.69) is 21.7 Å². The number of hydrogen-bond acceptors (Lipinski definition) is 0. The summed E-state index contributed by atoms with van der Waals surface area (Å²) in [5.41, 5.74) is 0. The van der Waals surface area contributed by atoms with E-state index in [1.807, 2.05) is 0 Å². The second-order valence-electron chi connectivity index (χ2n) is 1.33. The molecule has 0 nitrogen and oxygen atoms in total. The number of rotatable bonds is 2. The van der Waals surface area contributed by atoms with Crippen LogP contribution in [-0.4, -0.2) is 19.2 Å². The Morgan fingerprint density at radius 2 is 1.18 bits per heavy atom. The van der Waals surface area contributed by atoms with Crippen molar-refractivity contribution in [3.05, 3.63) is 0 Å². The Labute approximate surface area is 96.5 Å². The highest BCUT2D eigenvalue weighted by Crippen LogP contribution is 1.54. The van der Waals surface area contributed by atoms with E-state index in [0.717, 1.165) is 0 Å². The Kier molecular flexibility index (Phi) is 112. The van der Waals surface area contributed by atoms with Gasteiger partial charge in [0.15, 0.2) is 0 Å². The molecule has 0 saturated heterocycles. The van der Waals surface area contributed by atoms with Gasteiger partial charge < -0.3 is 0 Å². The van der Waals surface area contributed by atoms with Crippen LogP contribution in [0.3, 0.4) is 0 Å². The fourth-order valence-corrected chi connectivity index (χ4v) is 1.27. The number of halogens is 2. The van der Waals surface area contributed by atoms with Crippen molar-refractivity contribution in [2.24, 2.45) is 0 Å². The van der Waals surface area contributed by atoms with Gasteiger partial charge in [0.05, 0.1) is 0 Å². The van der Waals surface area contributed by atoms with Crippen LogP contribution in [0.25, 0.3) is 0 Å². The van der Waals surface area contributed by atoms with Crippen molar-refractivity contribution in [2.75, 3.05) is 19.2 Å². The van der Waals surface area contributed by atoms with Gasteiger partial charge >= 0.3 is 0 Å². The summed E-state index contributed by atoms with van der Waals surface area (Å²) in [6.45, 7) is 2.24. The smallest absolute Gasteiger partial charge is 0.0776 e. The molecule has 11 heavy (non-hydrogen) atoms. The molecule has 0 spiro atoms. The average Bonchev–Trinajstić information content (AvgIpc) is 1.71. The van der Waals surface area contributed by atoms with Gasteiger partial charge in [0, 0.05) is 0 Å². The van der Waals surface area contributed by atoms with Gasteiger partial charge in [-0.3, -0.25) is 0 Å². The molecule has 0 saturated carbocycles. The van der Waals surface area contributed by atoms with Gasteiger partial charge in [0.1, 0.15) is 19.2 Å². The van der Waals surface area contributed by atoms with Crippen LogP contribution in [0.15, 0.2) is 0 Å². The molecule has 0 aromatic rings. The minimum Gasteiger partial charge on any atom is -0.0776 e. The molecule has 0 aromatic heterocycles. The van der Waals surface area contributed by atoms with Gasteiger partial charge in [0.25, 0.3) is 42.4 Å². The van der Waals surface area contributed by atoms with Crippen molar-refractivity contribution in [3.63, 3.8) is 0 Å². The molecular formula is C9H28I2+2. The summed E-state index contributed by atoms with van der Waals surface area (Å²) in [5.74, 6) is 0. The summed E-state index contributed by atoms with van der Waals surface area (Å²) in [6, 6.07) is 0. The topological polar surface area (TPSA) is 0 Å². The number of hydrogen-bond donors (Lipinski definition) is 0. The highest BCUT2D eigenvalue weighted by molar-refractivity contribution is 4.09. The molecule has 0 heterocycles. The van der Waals surface area contributed by atoms with E-state index < -0.39 is 0 Å². The zero-order valence-electron chi connectivity index (χ0n) is 6.17. The fourth-order valence-electron chi connectivity index (χ4n) is 0.189. The van der Waals surface area contributed by atoms with Gasteiger partial charge in [-0.2, -0.15) is 0 Å². The molecule has 0 aliphatic heterocycles. The zero-order chi connectivity index (χ0) is 6.83. The summed E-state index contributed by atoms with van der Waals surface area (Å²) in [4.78, 5) is 6.79. The summed E-state index contributed by atoms with van der Waals surface area (Å²) >= 11 is 1.20. The molecule has 0 radical (unpaired) electrons. The number of alkyl halides is 4. The first-order valence-corrected chi connectivity index (χ1v) is 10.6. The molecule has 0 bridgehead atoms. The SMILES string of the molecule is C.C.C.CCC[I+]C.C[I+]C. The first-order chi connectivity index (χ1) is 3.83. The zero-order valence-corrected chi connectivity index (χ0v) is 10.5. The minimum atomic E-state index is 0. The molecule has 2 heteroatoms. The minimum absolute atomic E-state index is 0. The van der Waals surface area contributed by atoms with Crippen molar-refractivity contribution in [3.8, 4) is 0 Å². The molecule has 0 atom stereocenters. The van der Waals surface area contributed by atoms with E-state index in [-0.39, 0.29) is 22.3 Å². The summed E-state index contributed by atoms with van der Waals surface area (Å²) < 4.78 is 1.50. The molecule has 0 aliphatic rings. The average molecular weight is 390 g/mol. The van der Waals surface area contributed by atoms with Crippen molar-refractivity contribution in [1.29, 1.82) is 0 Å². The molecule has 0 rings (SSSR count). The monoisotopic (exact) mass is 390 g/mol. The van der Waals surface area contributed by atoms with Crippen LogP contribution in [0.2, 0.25) is 0 Å². The van der Waals surface area contributed by atoms with Crippen LogP contribution in [0, 0.1) is 0 Å². The van der Waals surface area contributed by atoms with Gasteiger partial charge in [-0.1, -0.05) is 29.2 Å². The first kappa shape index (κ1) is 29.4. The van der Waals surface area contributed by atoms with E-state index in [0.29, 0.717) is 42.4 Å². The van der Waals surface area contributed by atoms with Gasteiger partial charge in [-0.05, 0) is 6.42 Å². The van der Waals surface area contributed by atoms with Crippen LogP contribution in [0.1, 0.15) is 35.6 Å². The van der Waals surface area contributed by atoms with E-state index in [1.54, 1.807) is 0 Å². The van der Waals surface area contributed by atoms with E-state index in [1.165, 1.54) is 10.8 Å². The summed E-state index contributed by atoms with van der Waals surface area (Å²) in [6.07, 6.45) is 1.39. The maximum atomic E-state index is 2.32. The van der Waals surface area contributed by atoms with Crippen LogP contribution < -0.4 is 42.4 Å². The van der Waals surface area contributed by atoms with Crippen LogP contribution in [0.4, 0.5) is 0 Å². The van der Waals surface area contributed by atoms with Crippen molar-refractivity contribution in [2.45, 2.75) is 35.6 Å². The van der Waals surface area contributed by atoms with Crippen LogP contribution in [0.5, 0.6) is 0 Å². The molecule has 76 valence electrons. The lowest BCUT2D eigenvalue weighted by molar-refractivity contribution is -0.626. The molecule has 0 unspecified atom stereocenters. The van der Waals surface area contributed by atoms with E-state index in [9.17, 15) is 0 Å².